The SMILES string of the molecule is CC1CC1C(=O)NCCC(=O)N1CCC[C@H](O)C1. The number of piperidine rings is 1. The number of carbonyl (C=O) groups is 2. The van der Waals surface area contributed by atoms with Crippen LogP contribution in [0.15, 0.2) is 0 Å². The van der Waals surface area contributed by atoms with Crippen molar-refractivity contribution in [1.82, 2.24) is 10.2 Å². The number of rotatable bonds is 4. The van der Waals surface area contributed by atoms with Crippen molar-refractivity contribution in [2.75, 3.05) is 19.6 Å². The zero-order valence-electron chi connectivity index (χ0n) is 10.9. The van der Waals surface area contributed by atoms with Gasteiger partial charge in [0.2, 0.25) is 11.8 Å². The first-order valence-electron chi connectivity index (χ1n) is 6.81. The van der Waals surface area contributed by atoms with Crippen LogP contribution in [0.25, 0.3) is 0 Å². The fourth-order valence-electron chi connectivity index (χ4n) is 2.45. The highest BCUT2D eigenvalue weighted by Gasteiger charge is 2.38. The quantitative estimate of drug-likeness (QED) is 0.749. The largest absolute Gasteiger partial charge is 0.391 e. The Balaban J connectivity index is 1.63. The molecule has 1 aliphatic carbocycles. The van der Waals surface area contributed by atoms with E-state index in [2.05, 4.69) is 12.2 Å². The molecular formula is C13H22N2O3. The van der Waals surface area contributed by atoms with Gasteiger partial charge in [-0.05, 0) is 25.2 Å². The fourth-order valence-corrected chi connectivity index (χ4v) is 2.45. The molecule has 5 heteroatoms. The first kappa shape index (κ1) is 13.3. The summed E-state index contributed by atoms with van der Waals surface area (Å²) in [5, 5.41) is 12.3. The van der Waals surface area contributed by atoms with Crippen molar-refractivity contribution < 1.29 is 14.7 Å². The summed E-state index contributed by atoms with van der Waals surface area (Å²) in [4.78, 5) is 25.1. The van der Waals surface area contributed by atoms with Crippen LogP contribution in [0.2, 0.25) is 0 Å². The van der Waals surface area contributed by atoms with Gasteiger partial charge in [0.25, 0.3) is 0 Å². The lowest BCUT2D eigenvalue weighted by Gasteiger charge is -2.30. The Morgan fingerprint density at radius 1 is 1.44 bits per heavy atom. The Hall–Kier alpha value is -1.10. The van der Waals surface area contributed by atoms with Gasteiger partial charge in [-0.3, -0.25) is 9.59 Å². The van der Waals surface area contributed by atoms with E-state index in [1.165, 1.54) is 0 Å². The van der Waals surface area contributed by atoms with Crippen LogP contribution < -0.4 is 5.32 Å². The maximum absolute atomic E-state index is 11.8. The summed E-state index contributed by atoms with van der Waals surface area (Å²) in [6.07, 6.45) is 2.56. The van der Waals surface area contributed by atoms with Gasteiger partial charge in [0.15, 0.2) is 0 Å². The molecule has 2 amide bonds. The fraction of sp³-hybridized carbons (Fsp3) is 0.846. The highest BCUT2D eigenvalue weighted by Crippen LogP contribution is 2.37. The molecule has 0 radical (unpaired) electrons. The van der Waals surface area contributed by atoms with Crippen LogP contribution in [-0.4, -0.2) is 47.6 Å². The van der Waals surface area contributed by atoms with Gasteiger partial charge in [-0.15, -0.1) is 0 Å². The number of β-amino-alcohol motifs (C(OH)–C–C–N with tert-alkyl or cyclic N) is 1. The van der Waals surface area contributed by atoms with E-state index in [-0.39, 0.29) is 23.8 Å². The van der Waals surface area contributed by atoms with Gasteiger partial charge in [-0.1, -0.05) is 6.92 Å². The van der Waals surface area contributed by atoms with E-state index >= 15 is 0 Å². The number of hydrogen-bond donors (Lipinski definition) is 2. The van der Waals surface area contributed by atoms with Gasteiger partial charge in [0.05, 0.1) is 6.10 Å². The van der Waals surface area contributed by atoms with Crippen molar-refractivity contribution in [3.63, 3.8) is 0 Å². The summed E-state index contributed by atoms with van der Waals surface area (Å²) in [5.74, 6) is 0.765. The van der Waals surface area contributed by atoms with Crippen molar-refractivity contribution >= 4 is 11.8 Å². The van der Waals surface area contributed by atoms with E-state index in [1.54, 1.807) is 4.90 Å². The summed E-state index contributed by atoms with van der Waals surface area (Å²) in [6, 6.07) is 0. The second-order valence-corrected chi connectivity index (χ2v) is 5.50. The molecule has 1 heterocycles. The molecule has 2 aliphatic rings. The number of carbonyl (C=O) groups excluding carboxylic acids is 2. The highest BCUT2D eigenvalue weighted by atomic mass is 16.3. The van der Waals surface area contributed by atoms with E-state index < -0.39 is 0 Å². The average molecular weight is 254 g/mol. The topological polar surface area (TPSA) is 69.6 Å². The number of likely N-dealkylation sites (tertiary alicyclic amines) is 1. The van der Waals surface area contributed by atoms with Gasteiger partial charge < -0.3 is 15.3 Å². The van der Waals surface area contributed by atoms with Crippen molar-refractivity contribution in [2.24, 2.45) is 11.8 Å². The van der Waals surface area contributed by atoms with Crippen molar-refractivity contribution in [3.8, 4) is 0 Å². The molecule has 2 fully saturated rings. The summed E-state index contributed by atoms with van der Waals surface area (Å²) in [5.41, 5.74) is 0. The molecular weight excluding hydrogens is 232 g/mol. The van der Waals surface area contributed by atoms with E-state index in [0.29, 0.717) is 25.4 Å². The van der Waals surface area contributed by atoms with Gasteiger partial charge in [-0.25, -0.2) is 0 Å². The standard InChI is InChI=1S/C13H22N2O3/c1-9-7-11(9)13(18)14-5-4-12(17)15-6-2-3-10(16)8-15/h9-11,16H,2-8H2,1H3,(H,14,18)/t9?,10-,11?/m0/s1. The van der Waals surface area contributed by atoms with Crippen molar-refractivity contribution in [1.29, 1.82) is 0 Å². The van der Waals surface area contributed by atoms with E-state index in [9.17, 15) is 14.7 Å². The van der Waals surface area contributed by atoms with Gasteiger partial charge in [0.1, 0.15) is 0 Å². The van der Waals surface area contributed by atoms with Crippen molar-refractivity contribution in [3.05, 3.63) is 0 Å². The van der Waals surface area contributed by atoms with Crippen LogP contribution in [-0.2, 0) is 9.59 Å². The number of aliphatic hydroxyl groups excluding tert-OH is 1. The van der Waals surface area contributed by atoms with Crippen LogP contribution in [0.3, 0.4) is 0 Å². The number of nitrogens with zero attached hydrogens (tertiary/aromatic N) is 1. The van der Waals surface area contributed by atoms with Crippen LogP contribution in [0.4, 0.5) is 0 Å². The molecule has 2 rings (SSSR count). The van der Waals surface area contributed by atoms with Crippen LogP contribution in [0.5, 0.6) is 0 Å². The van der Waals surface area contributed by atoms with E-state index in [0.717, 1.165) is 25.8 Å². The summed E-state index contributed by atoms with van der Waals surface area (Å²) in [7, 11) is 0. The summed E-state index contributed by atoms with van der Waals surface area (Å²) < 4.78 is 0. The third-order valence-corrected chi connectivity index (χ3v) is 3.83. The summed E-state index contributed by atoms with van der Waals surface area (Å²) in [6.45, 7) is 3.63. The predicted octanol–water partition coefficient (Wildman–Crippen LogP) is 0.132. The first-order valence-corrected chi connectivity index (χ1v) is 6.81. The lowest BCUT2D eigenvalue weighted by Crippen LogP contribution is -2.43. The molecule has 1 saturated heterocycles. The monoisotopic (exact) mass is 254 g/mol. The maximum Gasteiger partial charge on any atom is 0.224 e. The lowest BCUT2D eigenvalue weighted by molar-refractivity contribution is -0.134. The smallest absolute Gasteiger partial charge is 0.224 e. The Bertz CT molecular complexity index is 332. The lowest BCUT2D eigenvalue weighted by atomic mass is 10.1. The van der Waals surface area contributed by atoms with Gasteiger partial charge >= 0.3 is 0 Å². The highest BCUT2D eigenvalue weighted by molar-refractivity contribution is 5.82. The Labute approximate surface area is 108 Å². The molecule has 0 aromatic heterocycles. The molecule has 0 aromatic carbocycles. The molecule has 18 heavy (non-hydrogen) atoms. The Kier molecular flexibility index (Phi) is 4.22. The minimum Gasteiger partial charge on any atom is -0.391 e. The van der Waals surface area contributed by atoms with Crippen LogP contribution in [0, 0.1) is 11.8 Å². The Morgan fingerprint density at radius 3 is 2.78 bits per heavy atom. The molecule has 3 atom stereocenters. The molecule has 1 aliphatic heterocycles. The van der Waals surface area contributed by atoms with Crippen molar-refractivity contribution in [2.45, 2.75) is 38.7 Å². The zero-order valence-corrected chi connectivity index (χ0v) is 10.9. The molecule has 5 nitrogen and oxygen atoms in total. The maximum atomic E-state index is 11.8. The number of hydrogen-bond acceptors (Lipinski definition) is 3. The minimum absolute atomic E-state index is 0.0258. The average Bonchev–Trinajstić information content (AvgIpc) is 3.06. The second kappa shape index (κ2) is 5.69. The third-order valence-electron chi connectivity index (χ3n) is 3.83. The second-order valence-electron chi connectivity index (χ2n) is 5.50. The molecule has 2 N–H and O–H groups in total. The molecule has 0 spiro atoms. The van der Waals surface area contributed by atoms with Crippen LogP contribution >= 0.6 is 0 Å². The third kappa shape index (κ3) is 3.45. The predicted molar refractivity (Wildman–Crippen MR) is 66.7 cm³/mol. The molecule has 2 unspecified atom stereocenters. The van der Waals surface area contributed by atoms with Crippen LogP contribution in [0.1, 0.15) is 32.6 Å². The Morgan fingerprint density at radius 2 is 2.17 bits per heavy atom. The minimum atomic E-state index is -0.385. The normalized spacial score (nSPS) is 31.0. The first-order chi connectivity index (χ1) is 8.58. The molecule has 0 aromatic rings. The van der Waals surface area contributed by atoms with E-state index in [4.69, 9.17) is 0 Å². The number of amides is 2. The molecule has 0 bridgehead atoms. The van der Waals surface area contributed by atoms with Gasteiger partial charge in [0, 0.05) is 32.0 Å². The number of aliphatic hydroxyl groups is 1. The molecule has 102 valence electrons. The number of nitrogens with one attached hydrogen (secondary N) is 1. The summed E-state index contributed by atoms with van der Waals surface area (Å²) >= 11 is 0. The molecule has 1 saturated carbocycles. The van der Waals surface area contributed by atoms with E-state index in [1.807, 2.05) is 0 Å². The van der Waals surface area contributed by atoms with Gasteiger partial charge in [-0.2, -0.15) is 0 Å². The zero-order chi connectivity index (χ0) is 13.1.